The average molecular weight is 161 g/mol. The van der Waals surface area contributed by atoms with E-state index in [1.165, 1.54) is 0 Å². The van der Waals surface area contributed by atoms with Crippen LogP contribution in [0.25, 0.3) is 0 Å². The van der Waals surface area contributed by atoms with Crippen LogP contribution in [0.3, 0.4) is 0 Å². The molecule has 0 aliphatic carbocycles. The summed E-state index contributed by atoms with van der Waals surface area (Å²) >= 11 is 0. The lowest BCUT2D eigenvalue weighted by molar-refractivity contribution is -0.156. The summed E-state index contributed by atoms with van der Waals surface area (Å²) in [4.78, 5) is 29.5. The summed E-state index contributed by atoms with van der Waals surface area (Å²) in [5.41, 5.74) is 0. The molecule has 6 nitrogen and oxygen atoms in total. The van der Waals surface area contributed by atoms with Crippen molar-refractivity contribution in [2.75, 3.05) is 6.54 Å². The maximum absolute atomic E-state index is 10.2. The predicted molar refractivity (Wildman–Crippen MR) is 32.6 cm³/mol. The van der Waals surface area contributed by atoms with Gasteiger partial charge in [-0.3, -0.25) is 9.59 Å². The first kappa shape index (κ1) is 9.41. The zero-order chi connectivity index (χ0) is 8.69. The molecule has 0 aliphatic rings. The van der Waals surface area contributed by atoms with Gasteiger partial charge >= 0.3 is 5.97 Å². The van der Waals surface area contributed by atoms with E-state index in [2.05, 4.69) is 10.1 Å². The van der Waals surface area contributed by atoms with Crippen LogP contribution in [0.4, 0.5) is 0 Å². The minimum absolute atomic E-state index is 0.0191. The molecule has 0 heterocycles. The van der Waals surface area contributed by atoms with Gasteiger partial charge in [0.25, 0.3) is 6.47 Å². The quantitative estimate of drug-likeness (QED) is 0.455. The van der Waals surface area contributed by atoms with E-state index in [1.807, 2.05) is 0 Å². The van der Waals surface area contributed by atoms with Crippen LogP contribution in [0.1, 0.15) is 0 Å². The van der Waals surface area contributed by atoms with Crippen LogP contribution >= 0.6 is 0 Å². The number of carboxylic acids is 1. The van der Waals surface area contributed by atoms with E-state index in [0.717, 1.165) is 0 Å². The summed E-state index contributed by atoms with van der Waals surface area (Å²) in [7, 11) is 0. The van der Waals surface area contributed by atoms with Crippen molar-refractivity contribution >= 4 is 18.9 Å². The first-order valence-electron chi connectivity index (χ1n) is 2.71. The molecule has 0 aromatic carbocycles. The molecule has 0 spiro atoms. The van der Waals surface area contributed by atoms with E-state index >= 15 is 0 Å². The van der Waals surface area contributed by atoms with Crippen molar-refractivity contribution in [2.45, 2.75) is 6.10 Å². The van der Waals surface area contributed by atoms with Crippen LogP contribution in [0.15, 0.2) is 0 Å². The number of carboxylic acid groups (broad SMARTS) is 1. The molecule has 0 unspecified atom stereocenters. The monoisotopic (exact) mass is 161 g/mol. The van der Waals surface area contributed by atoms with Crippen molar-refractivity contribution in [1.82, 2.24) is 5.32 Å². The normalized spacial score (nSPS) is 11.3. The number of hydrogen-bond acceptors (Lipinski definition) is 4. The first-order chi connectivity index (χ1) is 5.22. The molecule has 0 radical (unpaired) electrons. The Hall–Kier alpha value is -1.59. The number of hydrogen-bond donors (Lipinski definition) is 2. The van der Waals surface area contributed by atoms with Crippen molar-refractivity contribution in [3.05, 3.63) is 0 Å². The highest BCUT2D eigenvalue weighted by Gasteiger charge is 2.16. The molecule has 11 heavy (non-hydrogen) atoms. The largest absolute Gasteiger partial charge is 0.478 e. The van der Waals surface area contributed by atoms with Crippen LogP contribution in [0.2, 0.25) is 0 Å². The zero-order valence-corrected chi connectivity index (χ0v) is 5.52. The fourth-order valence-electron chi connectivity index (χ4n) is 0.416. The summed E-state index contributed by atoms with van der Waals surface area (Å²) in [5, 5.41) is 10.4. The second-order valence-electron chi connectivity index (χ2n) is 1.59. The summed E-state index contributed by atoms with van der Waals surface area (Å²) < 4.78 is 4.10. The topological polar surface area (TPSA) is 92.7 Å². The number of carbonyl (C=O) groups excluding carboxylic acids is 2. The lowest BCUT2D eigenvalue weighted by atomic mass is 10.3. The Labute approximate surface area is 62.1 Å². The standard InChI is InChI=1S/C5H7NO5/c7-2-6-1-4(5(9)10)11-3-8/h2-4H,1H2,(H,6,7)(H,9,10)/t4-/m0/s1. The Morgan fingerprint density at radius 3 is 2.64 bits per heavy atom. The third-order valence-electron chi connectivity index (χ3n) is 0.882. The van der Waals surface area contributed by atoms with E-state index in [0.29, 0.717) is 6.41 Å². The molecule has 6 heteroatoms. The Kier molecular flexibility index (Phi) is 4.46. The van der Waals surface area contributed by atoms with Crippen molar-refractivity contribution in [2.24, 2.45) is 0 Å². The van der Waals surface area contributed by atoms with Gasteiger partial charge in [-0.05, 0) is 0 Å². The van der Waals surface area contributed by atoms with E-state index in [-0.39, 0.29) is 13.0 Å². The molecule has 0 aromatic rings. The third kappa shape index (κ3) is 3.90. The maximum Gasteiger partial charge on any atom is 0.346 e. The van der Waals surface area contributed by atoms with Gasteiger partial charge in [0.15, 0.2) is 0 Å². The Morgan fingerprint density at radius 2 is 2.27 bits per heavy atom. The van der Waals surface area contributed by atoms with Crippen LogP contribution in [-0.2, 0) is 19.1 Å². The minimum Gasteiger partial charge on any atom is -0.478 e. The van der Waals surface area contributed by atoms with Gasteiger partial charge in [0.2, 0.25) is 12.5 Å². The molecule has 0 bridgehead atoms. The molecule has 62 valence electrons. The second kappa shape index (κ2) is 5.21. The molecule has 0 fully saturated rings. The van der Waals surface area contributed by atoms with Crippen LogP contribution < -0.4 is 5.32 Å². The van der Waals surface area contributed by atoms with Crippen LogP contribution in [0, 0.1) is 0 Å². The molecule has 0 aromatic heterocycles. The van der Waals surface area contributed by atoms with Crippen molar-refractivity contribution in [1.29, 1.82) is 0 Å². The minimum atomic E-state index is -1.31. The highest BCUT2D eigenvalue weighted by atomic mass is 16.5. The van der Waals surface area contributed by atoms with Gasteiger partial charge in [0.1, 0.15) is 0 Å². The molecular weight excluding hydrogens is 154 g/mol. The van der Waals surface area contributed by atoms with Crippen molar-refractivity contribution in [3.8, 4) is 0 Å². The molecule has 1 amide bonds. The fourth-order valence-corrected chi connectivity index (χ4v) is 0.416. The Morgan fingerprint density at radius 1 is 1.64 bits per heavy atom. The number of amides is 1. The van der Waals surface area contributed by atoms with Crippen LogP contribution in [-0.4, -0.2) is 36.6 Å². The number of aliphatic carboxylic acids is 1. The number of rotatable bonds is 6. The summed E-state index contributed by atoms with van der Waals surface area (Å²) in [6.45, 7) is -0.206. The molecule has 0 saturated heterocycles. The second-order valence-corrected chi connectivity index (χ2v) is 1.59. The molecular formula is C5H7NO5. The van der Waals surface area contributed by atoms with E-state index in [9.17, 15) is 14.4 Å². The van der Waals surface area contributed by atoms with Crippen molar-refractivity contribution < 1.29 is 24.2 Å². The lowest BCUT2D eigenvalue weighted by Crippen LogP contribution is -2.34. The van der Waals surface area contributed by atoms with Gasteiger partial charge in [-0.25, -0.2) is 4.79 Å². The first-order valence-corrected chi connectivity index (χ1v) is 2.71. The highest BCUT2D eigenvalue weighted by molar-refractivity contribution is 5.74. The van der Waals surface area contributed by atoms with Gasteiger partial charge in [-0.15, -0.1) is 0 Å². The summed E-state index contributed by atoms with van der Waals surface area (Å²) in [5.74, 6) is -1.30. The lowest BCUT2D eigenvalue weighted by Gasteiger charge is -2.07. The predicted octanol–water partition coefficient (Wildman–Crippen LogP) is -1.64. The van der Waals surface area contributed by atoms with E-state index < -0.39 is 12.1 Å². The molecule has 2 N–H and O–H groups in total. The SMILES string of the molecule is O=CNC[C@H](OC=O)C(=O)O. The number of ether oxygens (including phenoxy) is 1. The zero-order valence-electron chi connectivity index (χ0n) is 5.52. The molecule has 0 saturated carbocycles. The van der Waals surface area contributed by atoms with Gasteiger partial charge in [-0.2, -0.15) is 0 Å². The molecule has 0 rings (SSSR count). The summed E-state index contributed by atoms with van der Waals surface area (Å²) in [6, 6.07) is 0. The van der Waals surface area contributed by atoms with E-state index in [4.69, 9.17) is 5.11 Å². The Bertz CT molecular complexity index is 157. The van der Waals surface area contributed by atoms with Gasteiger partial charge < -0.3 is 15.2 Å². The highest BCUT2D eigenvalue weighted by Crippen LogP contribution is 1.86. The van der Waals surface area contributed by atoms with Crippen molar-refractivity contribution in [3.63, 3.8) is 0 Å². The molecule has 0 aliphatic heterocycles. The van der Waals surface area contributed by atoms with Crippen LogP contribution in [0.5, 0.6) is 0 Å². The Balaban J connectivity index is 3.77. The summed E-state index contributed by atoms with van der Waals surface area (Å²) in [6.07, 6.45) is -0.984. The van der Waals surface area contributed by atoms with Gasteiger partial charge in [0, 0.05) is 0 Å². The number of nitrogens with one attached hydrogen (secondary N) is 1. The smallest absolute Gasteiger partial charge is 0.346 e. The number of carbonyl (C=O) groups is 3. The average Bonchev–Trinajstić information content (AvgIpc) is 1.97. The molecule has 1 atom stereocenters. The van der Waals surface area contributed by atoms with Gasteiger partial charge in [-0.1, -0.05) is 0 Å². The van der Waals surface area contributed by atoms with Gasteiger partial charge in [0.05, 0.1) is 6.54 Å². The third-order valence-corrected chi connectivity index (χ3v) is 0.882. The maximum atomic E-state index is 10.2. The fraction of sp³-hybridized carbons (Fsp3) is 0.400. The van der Waals surface area contributed by atoms with E-state index in [1.54, 1.807) is 0 Å².